The molecule has 7 heteroatoms. The summed E-state index contributed by atoms with van der Waals surface area (Å²) in [5, 5.41) is 0.499. The van der Waals surface area contributed by atoms with Crippen molar-refractivity contribution in [1.82, 2.24) is 9.29 Å². The first-order chi connectivity index (χ1) is 10.4. The van der Waals surface area contributed by atoms with Gasteiger partial charge in [0.15, 0.2) is 0 Å². The highest BCUT2D eigenvalue weighted by Gasteiger charge is 2.28. The highest BCUT2D eigenvalue weighted by molar-refractivity contribution is 7.89. The van der Waals surface area contributed by atoms with Crippen molar-refractivity contribution in [3.8, 4) is 5.75 Å². The third kappa shape index (κ3) is 4.83. The molecule has 1 fully saturated rings. The van der Waals surface area contributed by atoms with Crippen LogP contribution in [0.15, 0.2) is 18.5 Å². The zero-order valence-electron chi connectivity index (χ0n) is 13.0. The van der Waals surface area contributed by atoms with Gasteiger partial charge in [-0.3, -0.25) is 4.98 Å². The Morgan fingerprint density at radius 3 is 2.68 bits per heavy atom. The molecular formula is C15H23ClN2O3S. The van der Waals surface area contributed by atoms with Crippen molar-refractivity contribution in [2.24, 2.45) is 11.8 Å². The van der Waals surface area contributed by atoms with E-state index in [0.29, 0.717) is 36.4 Å². The van der Waals surface area contributed by atoms with E-state index in [4.69, 9.17) is 16.3 Å². The lowest BCUT2D eigenvalue weighted by Crippen LogP contribution is -2.41. The first-order valence-electron chi connectivity index (χ1n) is 7.58. The first-order valence-corrected chi connectivity index (χ1v) is 9.57. The summed E-state index contributed by atoms with van der Waals surface area (Å²) >= 11 is 6.00. The molecule has 2 rings (SSSR count). The third-order valence-corrected chi connectivity index (χ3v) is 6.24. The van der Waals surface area contributed by atoms with E-state index in [-0.39, 0.29) is 11.7 Å². The Balaban J connectivity index is 1.81. The smallest absolute Gasteiger partial charge is 0.214 e. The van der Waals surface area contributed by atoms with E-state index < -0.39 is 10.0 Å². The molecule has 1 aromatic heterocycles. The van der Waals surface area contributed by atoms with Crippen LogP contribution in [0.4, 0.5) is 0 Å². The maximum absolute atomic E-state index is 12.2. The van der Waals surface area contributed by atoms with Gasteiger partial charge in [0.1, 0.15) is 10.8 Å². The minimum atomic E-state index is -3.12. The van der Waals surface area contributed by atoms with Crippen molar-refractivity contribution in [2.75, 3.05) is 25.4 Å². The molecule has 0 radical (unpaired) electrons. The van der Waals surface area contributed by atoms with Crippen LogP contribution in [0.2, 0.25) is 5.02 Å². The van der Waals surface area contributed by atoms with Crippen LogP contribution in [0.5, 0.6) is 5.75 Å². The summed E-state index contributed by atoms with van der Waals surface area (Å²) in [6.45, 7) is 5.56. The number of pyridine rings is 1. The van der Waals surface area contributed by atoms with Gasteiger partial charge in [-0.1, -0.05) is 25.4 Å². The molecule has 1 aromatic rings. The number of piperidine rings is 1. The molecule has 22 heavy (non-hydrogen) atoms. The van der Waals surface area contributed by atoms with Gasteiger partial charge in [0.25, 0.3) is 0 Å². The second-order valence-corrected chi connectivity index (χ2v) is 8.55. The Morgan fingerprint density at radius 1 is 1.41 bits per heavy atom. The van der Waals surface area contributed by atoms with Gasteiger partial charge in [0.2, 0.25) is 10.0 Å². The van der Waals surface area contributed by atoms with E-state index in [0.717, 1.165) is 12.8 Å². The lowest BCUT2D eigenvalue weighted by atomic mass is 9.99. The van der Waals surface area contributed by atoms with Crippen LogP contribution in [0.1, 0.15) is 26.7 Å². The Labute approximate surface area is 137 Å². The Hall–Kier alpha value is -0.850. The molecule has 5 nitrogen and oxygen atoms in total. The van der Waals surface area contributed by atoms with Gasteiger partial charge in [0.05, 0.1) is 12.4 Å². The van der Waals surface area contributed by atoms with Crippen molar-refractivity contribution < 1.29 is 13.2 Å². The lowest BCUT2D eigenvalue weighted by Gasteiger charge is -2.31. The van der Waals surface area contributed by atoms with Gasteiger partial charge in [-0.2, -0.15) is 0 Å². The predicted octanol–water partition coefficient (Wildman–Crippen LogP) is 2.81. The van der Waals surface area contributed by atoms with E-state index in [1.807, 2.05) is 13.8 Å². The fourth-order valence-corrected chi connectivity index (χ4v) is 4.56. The van der Waals surface area contributed by atoms with E-state index in [1.54, 1.807) is 22.8 Å². The summed E-state index contributed by atoms with van der Waals surface area (Å²) < 4.78 is 31.7. The first kappa shape index (κ1) is 17.5. The number of sulfonamides is 1. The average molecular weight is 347 g/mol. The summed E-state index contributed by atoms with van der Waals surface area (Å²) in [4.78, 5) is 3.91. The zero-order chi connectivity index (χ0) is 16.2. The van der Waals surface area contributed by atoms with E-state index in [1.165, 1.54) is 0 Å². The quantitative estimate of drug-likeness (QED) is 0.794. The summed E-state index contributed by atoms with van der Waals surface area (Å²) in [7, 11) is -3.12. The number of rotatable bonds is 6. The molecule has 124 valence electrons. The Morgan fingerprint density at radius 2 is 2.09 bits per heavy atom. The van der Waals surface area contributed by atoms with E-state index >= 15 is 0 Å². The van der Waals surface area contributed by atoms with Crippen molar-refractivity contribution in [3.05, 3.63) is 23.5 Å². The summed E-state index contributed by atoms with van der Waals surface area (Å²) in [6, 6.07) is 1.74. The maximum atomic E-state index is 12.2. The number of aromatic nitrogens is 1. The van der Waals surface area contributed by atoms with Gasteiger partial charge in [0, 0.05) is 31.5 Å². The number of hydrogen-bond donors (Lipinski definition) is 0. The molecule has 1 saturated heterocycles. The largest absolute Gasteiger partial charge is 0.492 e. The molecule has 0 aromatic carbocycles. The fourth-order valence-electron chi connectivity index (χ4n) is 2.57. The molecule has 0 spiro atoms. The monoisotopic (exact) mass is 346 g/mol. The minimum Gasteiger partial charge on any atom is -0.492 e. The van der Waals surface area contributed by atoms with Crippen LogP contribution in [0.25, 0.3) is 0 Å². The molecule has 0 amide bonds. The Bertz CT molecular complexity index is 584. The molecule has 0 N–H and O–H groups in total. The average Bonchev–Trinajstić information content (AvgIpc) is 2.45. The van der Waals surface area contributed by atoms with Crippen molar-refractivity contribution >= 4 is 21.6 Å². The van der Waals surface area contributed by atoms with Crippen molar-refractivity contribution in [1.29, 1.82) is 0 Å². The van der Waals surface area contributed by atoms with Crippen LogP contribution in [-0.2, 0) is 10.0 Å². The molecule has 2 heterocycles. The molecule has 0 bridgehead atoms. The maximum Gasteiger partial charge on any atom is 0.214 e. The van der Waals surface area contributed by atoms with Gasteiger partial charge < -0.3 is 4.74 Å². The Kier molecular flexibility index (Phi) is 6.06. The SMILES string of the molecule is CC(C)CS(=O)(=O)N1CCC(COc2ccncc2Cl)CC1. The second kappa shape index (κ2) is 7.62. The predicted molar refractivity (Wildman–Crippen MR) is 87.7 cm³/mol. The molecule has 0 unspecified atom stereocenters. The van der Waals surface area contributed by atoms with E-state index in [9.17, 15) is 8.42 Å². The van der Waals surface area contributed by atoms with Crippen LogP contribution >= 0.6 is 11.6 Å². The highest BCUT2D eigenvalue weighted by atomic mass is 35.5. The third-order valence-electron chi connectivity index (χ3n) is 3.72. The topological polar surface area (TPSA) is 59.5 Å². The molecule has 0 atom stereocenters. The van der Waals surface area contributed by atoms with Gasteiger partial charge in [-0.05, 0) is 24.7 Å². The van der Waals surface area contributed by atoms with Gasteiger partial charge >= 0.3 is 0 Å². The van der Waals surface area contributed by atoms with Crippen molar-refractivity contribution in [3.63, 3.8) is 0 Å². The van der Waals surface area contributed by atoms with Crippen LogP contribution in [-0.4, -0.2) is 43.2 Å². The molecule has 1 aliphatic heterocycles. The molecule has 0 saturated carbocycles. The normalized spacial score (nSPS) is 17.8. The standard InChI is InChI=1S/C15H23ClN2O3S/c1-12(2)11-22(19,20)18-7-4-13(5-8-18)10-21-15-3-6-17-9-14(15)16/h3,6,9,12-13H,4-5,7-8,10-11H2,1-2H3. The number of hydrogen-bond acceptors (Lipinski definition) is 4. The van der Waals surface area contributed by atoms with Crippen LogP contribution in [0, 0.1) is 11.8 Å². The van der Waals surface area contributed by atoms with Gasteiger partial charge in [-0.15, -0.1) is 0 Å². The summed E-state index contributed by atoms with van der Waals surface area (Å²) in [5.41, 5.74) is 0. The summed E-state index contributed by atoms with van der Waals surface area (Å²) in [6.07, 6.45) is 4.83. The van der Waals surface area contributed by atoms with Crippen LogP contribution in [0.3, 0.4) is 0 Å². The zero-order valence-corrected chi connectivity index (χ0v) is 14.6. The molecule has 0 aliphatic carbocycles. The fraction of sp³-hybridized carbons (Fsp3) is 0.667. The molecule has 1 aliphatic rings. The molecular weight excluding hydrogens is 324 g/mol. The van der Waals surface area contributed by atoms with Crippen molar-refractivity contribution in [2.45, 2.75) is 26.7 Å². The van der Waals surface area contributed by atoms with Gasteiger partial charge in [-0.25, -0.2) is 12.7 Å². The summed E-state index contributed by atoms with van der Waals surface area (Å²) in [5.74, 6) is 1.36. The highest BCUT2D eigenvalue weighted by Crippen LogP contribution is 2.25. The lowest BCUT2D eigenvalue weighted by molar-refractivity contribution is 0.185. The number of nitrogens with zero attached hydrogens (tertiary/aromatic N) is 2. The van der Waals surface area contributed by atoms with E-state index in [2.05, 4.69) is 4.98 Å². The number of ether oxygens (including phenoxy) is 1. The second-order valence-electron chi connectivity index (χ2n) is 6.13. The number of halogens is 1. The van der Waals surface area contributed by atoms with Crippen LogP contribution < -0.4 is 4.74 Å². The minimum absolute atomic E-state index is 0.153.